The monoisotopic (exact) mass is 273 g/mol. The SMILES string of the molecule is CNC(C)(CCOC1CC(C)OC(C)C1)C(=O)OC. The Bertz CT molecular complexity index is 287. The lowest BCUT2D eigenvalue weighted by Crippen LogP contribution is -2.49. The molecule has 1 saturated heterocycles. The number of likely N-dealkylation sites (N-methyl/N-ethyl adjacent to an activating group) is 1. The lowest BCUT2D eigenvalue weighted by Gasteiger charge is -2.33. The van der Waals surface area contributed by atoms with Gasteiger partial charge in [-0.05, 0) is 47.1 Å². The number of methoxy groups -OCH3 is 1. The molecule has 1 N–H and O–H groups in total. The zero-order valence-electron chi connectivity index (χ0n) is 12.7. The second kappa shape index (κ2) is 7.22. The van der Waals surface area contributed by atoms with Crippen molar-refractivity contribution in [2.75, 3.05) is 20.8 Å². The number of nitrogens with one attached hydrogen (secondary N) is 1. The van der Waals surface area contributed by atoms with Crippen LogP contribution in [0, 0.1) is 0 Å². The second-order valence-corrected chi connectivity index (χ2v) is 5.55. The van der Waals surface area contributed by atoms with Crippen molar-refractivity contribution >= 4 is 5.97 Å². The highest BCUT2D eigenvalue weighted by Crippen LogP contribution is 2.22. The molecule has 112 valence electrons. The molecule has 5 heteroatoms. The van der Waals surface area contributed by atoms with Gasteiger partial charge in [-0.1, -0.05) is 0 Å². The summed E-state index contributed by atoms with van der Waals surface area (Å²) in [4.78, 5) is 11.7. The zero-order chi connectivity index (χ0) is 14.5. The van der Waals surface area contributed by atoms with Gasteiger partial charge in [0.25, 0.3) is 0 Å². The van der Waals surface area contributed by atoms with Gasteiger partial charge in [-0.3, -0.25) is 4.79 Å². The summed E-state index contributed by atoms with van der Waals surface area (Å²) in [6, 6.07) is 0. The van der Waals surface area contributed by atoms with Crippen LogP contribution in [0.1, 0.15) is 40.0 Å². The van der Waals surface area contributed by atoms with Crippen LogP contribution in [0.4, 0.5) is 0 Å². The minimum Gasteiger partial charge on any atom is -0.468 e. The summed E-state index contributed by atoms with van der Waals surface area (Å²) in [5, 5.41) is 3.01. The molecule has 0 aromatic heterocycles. The first kappa shape index (κ1) is 16.4. The highest BCUT2D eigenvalue weighted by molar-refractivity contribution is 5.80. The summed E-state index contributed by atoms with van der Waals surface area (Å²) in [7, 11) is 3.16. The van der Waals surface area contributed by atoms with Crippen LogP contribution in [0.5, 0.6) is 0 Å². The summed E-state index contributed by atoms with van der Waals surface area (Å²) in [5.41, 5.74) is -0.683. The molecule has 0 radical (unpaired) electrons. The number of hydrogen-bond acceptors (Lipinski definition) is 5. The highest BCUT2D eigenvalue weighted by atomic mass is 16.5. The molecule has 19 heavy (non-hydrogen) atoms. The van der Waals surface area contributed by atoms with Crippen LogP contribution in [0.15, 0.2) is 0 Å². The van der Waals surface area contributed by atoms with Gasteiger partial charge in [0.05, 0.1) is 25.4 Å². The van der Waals surface area contributed by atoms with E-state index in [4.69, 9.17) is 14.2 Å². The van der Waals surface area contributed by atoms with E-state index < -0.39 is 5.54 Å². The smallest absolute Gasteiger partial charge is 0.325 e. The molecule has 5 nitrogen and oxygen atoms in total. The molecular formula is C14H27NO4. The Kier molecular flexibility index (Phi) is 6.23. The van der Waals surface area contributed by atoms with Crippen molar-refractivity contribution in [3.05, 3.63) is 0 Å². The molecule has 3 atom stereocenters. The molecule has 1 heterocycles. The number of rotatable bonds is 6. The normalized spacial score (nSPS) is 30.7. The third-order valence-corrected chi connectivity index (χ3v) is 3.80. The van der Waals surface area contributed by atoms with E-state index in [1.807, 2.05) is 6.92 Å². The van der Waals surface area contributed by atoms with E-state index in [0.717, 1.165) is 12.8 Å². The largest absolute Gasteiger partial charge is 0.468 e. The van der Waals surface area contributed by atoms with Gasteiger partial charge >= 0.3 is 5.97 Å². The summed E-state index contributed by atoms with van der Waals surface area (Å²) < 4.78 is 16.4. The molecule has 0 spiro atoms. The Morgan fingerprint density at radius 1 is 1.37 bits per heavy atom. The molecule has 1 aliphatic rings. The third kappa shape index (κ3) is 4.75. The van der Waals surface area contributed by atoms with Gasteiger partial charge in [-0.15, -0.1) is 0 Å². The summed E-state index contributed by atoms with van der Waals surface area (Å²) in [6.07, 6.45) is 3.13. The first-order valence-corrected chi connectivity index (χ1v) is 6.95. The Morgan fingerprint density at radius 3 is 2.42 bits per heavy atom. The Morgan fingerprint density at radius 2 is 1.95 bits per heavy atom. The fourth-order valence-electron chi connectivity index (χ4n) is 2.46. The lowest BCUT2D eigenvalue weighted by atomic mass is 9.98. The van der Waals surface area contributed by atoms with Gasteiger partial charge in [0.1, 0.15) is 5.54 Å². The molecule has 0 saturated carbocycles. The summed E-state index contributed by atoms with van der Waals surface area (Å²) >= 11 is 0. The van der Waals surface area contributed by atoms with Gasteiger partial charge in [0, 0.05) is 6.61 Å². The molecule has 1 fully saturated rings. The van der Waals surface area contributed by atoms with Crippen molar-refractivity contribution in [1.82, 2.24) is 5.32 Å². The molecule has 0 aliphatic carbocycles. The van der Waals surface area contributed by atoms with Crippen LogP contribution >= 0.6 is 0 Å². The fourth-order valence-corrected chi connectivity index (χ4v) is 2.46. The molecule has 0 aromatic carbocycles. The molecule has 3 unspecified atom stereocenters. The van der Waals surface area contributed by atoms with Gasteiger partial charge in [0.15, 0.2) is 0 Å². The van der Waals surface area contributed by atoms with E-state index in [1.165, 1.54) is 7.11 Å². The van der Waals surface area contributed by atoms with Gasteiger partial charge in [0.2, 0.25) is 0 Å². The third-order valence-electron chi connectivity index (χ3n) is 3.80. The van der Waals surface area contributed by atoms with Crippen LogP contribution in [0.3, 0.4) is 0 Å². The molecule has 1 aliphatic heterocycles. The van der Waals surface area contributed by atoms with Gasteiger partial charge in [-0.2, -0.15) is 0 Å². The molecule has 1 rings (SSSR count). The molecular weight excluding hydrogens is 246 g/mol. The van der Waals surface area contributed by atoms with E-state index in [9.17, 15) is 4.79 Å². The summed E-state index contributed by atoms with van der Waals surface area (Å²) in [5.74, 6) is -0.257. The molecule has 0 aromatic rings. The Hall–Kier alpha value is -0.650. The number of carbonyl (C=O) groups is 1. The van der Waals surface area contributed by atoms with E-state index in [1.54, 1.807) is 7.05 Å². The maximum absolute atomic E-state index is 11.7. The van der Waals surface area contributed by atoms with Crippen LogP contribution in [0.2, 0.25) is 0 Å². The van der Waals surface area contributed by atoms with Crippen molar-refractivity contribution in [3.63, 3.8) is 0 Å². The quantitative estimate of drug-likeness (QED) is 0.743. The van der Waals surface area contributed by atoms with Crippen LogP contribution in [-0.4, -0.2) is 50.6 Å². The van der Waals surface area contributed by atoms with E-state index in [-0.39, 0.29) is 24.3 Å². The summed E-state index contributed by atoms with van der Waals surface area (Å²) in [6.45, 7) is 6.50. The minimum absolute atomic E-state index is 0.220. The van der Waals surface area contributed by atoms with Crippen LogP contribution in [-0.2, 0) is 19.0 Å². The van der Waals surface area contributed by atoms with E-state index in [2.05, 4.69) is 19.2 Å². The standard InChI is InChI=1S/C14H27NO4/c1-10-8-12(9-11(2)19-10)18-7-6-14(3,15-4)13(16)17-5/h10-12,15H,6-9H2,1-5H3. The topological polar surface area (TPSA) is 56.8 Å². The maximum Gasteiger partial charge on any atom is 0.325 e. The Balaban J connectivity index is 2.38. The van der Waals surface area contributed by atoms with Crippen molar-refractivity contribution in [2.45, 2.75) is 63.9 Å². The average molecular weight is 273 g/mol. The van der Waals surface area contributed by atoms with Crippen molar-refractivity contribution < 1.29 is 19.0 Å². The van der Waals surface area contributed by atoms with Gasteiger partial charge in [-0.25, -0.2) is 0 Å². The molecule has 0 bridgehead atoms. The van der Waals surface area contributed by atoms with E-state index in [0.29, 0.717) is 13.0 Å². The second-order valence-electron chi connectivity index (χ2n) is 5.55. The minimum atomic E-state index is -0.683. The average Bonchev–Trinajstić information content (AvgIpc) is 2.36. The van der Waals surface area contributed by atoms with Gasteiger partial charge < -0.3 is 19.5 Å². The zero-order valence-corrected chi connectivity index (χ0v) is 12.7. The first-order chi connectivity index (χ1) is 8.91. The van der Waals surface area contributed by atoms with Crippen molar-refractivity contribution in [1.29, 1.82) is 0 Å². The number of carbonyl (C=O) groups excluding carboxylic acids is 1. The van der Waals surface area contributed by atoms with Crippen LogP contribution in [0.25, 0.3) is 0 Å². The number of ether oxygens (including phenoxy) is 3. The first-order valence-electron chi connectivity index (χ1n) is 6.95. The predicted octanol–water partition coefficient (Wildman–Crippen LogP) is 1.50. The van der Waals surface area contributed by atoms with Crippen molar-refractivity contribution in [2.24, 2.45) is 0 Å². The molecule has 0 amide bonds. The lowest BCUT2D eigenvalue weighted by molar-refractivity contribution is -0.149. The fraction of sp³-hybridized carbons (Fsp3) is 0.929. The predicted molar refractivity (Wildman–Crippen MR) is 73.1 cm³/mol. The number of hydrogen-bond donors (Lipinski definition) is 1. The highest BCUT2D eigenvalue weighted by Gasteiger charge is 2.33. The van der Waals surface area contributed by atoms with E-state index >= 15 is 0 Å². The Labute approximate surface area is 116 Å². The number of esters is 1. The van der Waals surface area contributed by atoms with Crippen LogP contribution < -0.4 is 5.32 Å². The maximum atomic E-state index is 11.7. The van der Waals surface area contributed by atoms with Crippen molar-refractivity contribution in [3.8, 4) is 0 Å².